The van der Waals surface area contributed by atoms with Gasteiger partial charge in [0.1, 0.15) is 36.0 Å². The molecule has 2 aromatic rings. The molecule has 0 unspecified atom stereocenters. The summed E-state index contributed by atoms with van der Waals surface area (Å²) in [6.45, 7) is 6.47. The number of aliphatic hydroxyl groups is 2. The summed E-state index contributed by atoms with van der Waals surface area (Å²) in [5.41, 5.74) is 19.0. The number of carbonyl (C=O) groups is 9. The molecular formula is C55H87N11O11. The van der Waals surface area contributed by atoms with E-state index >= 15 is 0 Å². The fraction of sp³-hybridized carbons (Fsp3) is 0.636. The Morgan fingerprint density at radius 3 is 1.83 bits per heavy atom. The average Bonchev–Trinajstić information content (AvgIpc) is 3.38. The molecule has 1 saturated heterocycles. The van der Waals surface area contributed by atoms with Crippen molar-refractivity contribution in [1.29, 1.82) is 0 Å². The van der Waals surface area contributed by atoms with Crippen molar-refractivity contribution in [1.82, 2.24) is 42.2 Å². The van der Waals surface area contributed by atoms with Gasteiger partial charge in [0.25, 0.3) is 0 Å². The van der Waals surface area contributed by atoms with E-state index in [0.29, 0.717) is 17.5 Å². The van der Waals surface area contributed by atoms with Crippen LogP contribution in [0.4, 0.5) is 0 Å². The molecule has 1 aliphatic rings. The normalized spacial score (nSPS) is 23.0. The van der Waals surface area contributed by atoms with Crippen LogP contribution in [0.2, 0.25) is 0 Å². The summed E-state index contributed by atoms with van der Waals surface area (Å²) in [5, 5.41) is 40.4. The summed E-state index contributed by atoms with van der Waals surface area (Å²) < 4.78 is 0. The van der Waals surface area contributed by atoms with E-state index in [4.69, 9.17) is 17.2 Å². The van der Waals surface area contributed by atoms with E-state index in [9.17, 15) is 53.4 Å². The Kier molecular flexibility index (Phi) is 29.8. The summed E-state index contributed by atoms with van der Waals surface area (Å²) in [6, 6.07) is 4.11. The van der Waals surface area contributed by atoms with E-state index in [1.54, 1.807) is 48.7 Å². The maximum atomic E-state index is 14.6. The molecular weight excluding hydrogens is 991 g/mol. The molecule has 1 aromatic carbocycles. The van der Waals surface area contributed by atoms with Crippen molar-refractivity contribution in [3.63, 3.8) is 0 Å². The maximum Gasteiger partial charge on any atom is 0.243 e. The second-order valence-electron chi connectivity index (χ2n) is 20.6. The third-order valence-corrected chi connectivity index (χ3v) is 13.5. The number of Topliss-reactive ketones (excluding diaryl/α,β-unsaturated/α-hetero) is 2. The number of benzene rings is 1. The van der Waals surface area contributed by atoms with E-state index in [1.807, 2.05) is 13.8 Å². The number of aliphatic hydroxyl groups excluding tert-OH is 2. The van der Waals surface area contributed by atoms with Crippen LogP contribution in [0.5, 0.6) is 0 Å². The van der Waals surface area contributed by atoms with Gasteiger partial charge in [-0.2, -0.15) is 0 Å². The molecule has 1 aliphatic heterocycles. The van der Waals surface area contributed by atoms with Crippen LogP contribution in [-0.4, -0.2) is 143 Å². The molecule has 15 N–H and O–H groups in total. The van der Waals surface area contributed by atoms with Crippen molar-refractivity contribution in [2.75, 3.05) is 26.2 Å². The van der Waals surface area contributed by atoms with Crippen LogP contribution < -0.4 is 54.4 Å². The lowest BCUT2D eigenvalue weighted by atomic mass is 9.91. The molecule has 10 atom stereocenters. The van der Waals surface area contributed by atoms with Gasteiger partial charge in [-0.05, 0) is 94.6 Å². The number of ketones is 2. The van der Waals surface area contributed by atoms with Crippen molar-refractivity contribution in [2.45, 2.75) is 179 Å². The summed E-state index contributed by atoms with van der Waals surface area (Å²) in [5.74, 6) is -9.20. The topological polar surface area (TPSA) is 369 Å². The van der Waals surface area contributed by atoms with Gasteiger partial charge >= 0.3 is 0 Å². The molecule has 3 rings (SSSR count). The predicted molar refractivity (Wildman–Crippen MR) is 290 cm³/mol. The lowest BCUT2D eigenvalue weighted by molar-refractivity contribution is -0.136. The molecule has 22 nitrogen and oxygen atoms in total. The van der Waals surface area contributed by atoms with Crippen molar-refractivity contribution < 1.29 is 53.4 Å². The second kappa shape index (κ2) is 35.3. The van der Waals surface area contributed by atoms with Crippen LogP contribution in [0.15, 0.2) is 54.9 Å². The first kappa shape index (κ1) is 65.1. The van der Waals surface area contributed by atoms with Gasteiger partial charge in [-0.25, -0.2) is 0 Å². The Balaban J connectivity index is 2.11. The first-order valence-corrected chi connectivity index (χ1v) is 27.3. The Morgan fingerprint density at radius 1 is 0.675 bits per heavy atom. The Hall–Kier alpha value is -6.20. The van der Waals surface area contributed by atoms with Crippen molar-refractivity contribution in [3.8, 4) is 0 Å². The van der Waals surface area contributed by atoms with Gasteiger partial charge in [0, 0.05) is 50.5 Å². The summed E-state index contributed by atoms with van der Waals surface area (Å²) >= 11 is 0. The van der Waals surface area contributed by atoms with E-state index in [-0.39, 0.29) is 95.7 Å². The van der Waals surface area contributed by atoms with Gasteiger partial charge in [-0.15, -0.1) is 0 Å². The predicted octanol–water partition coefficient (Wildman–Crippen LogP) is 0.0311. The van der Waals surface area contributed by atoms with E-state index in [0.717, 1.165) is 32.1 Å². The third-order valence-electron chi connectivity index (χ3n) is 13.5. The number of rotatable bonds is 25. The minimum absolute atomic E-state index is 0.0235. The van der Waals surface area contributed by atoms with Gasteiger partial charge in [0.2, 0.25) is 41.4 Å². The summed E-state index contributed by atoms with van der Waals surface area (Å²) in [6.07, 6.45) is 4.37. The molecule has 1 fully saturated rings. The highest BCUT2D eigenvalue weighted by atomic mass is 16.3. The summed E-state index contributed by atoms with van der Waals surface area (Å²) in [4.78, 5) is 131. The van der Waals surface area contributed by atoms with E-state index in [2.05, 4.69) is 49.1 Å². The minimum Gasteiger partial charge on any atom is -0.393 e. The standard InChI is InChI=1S/C55H87N11O11/c1-5-6-7-8-12-17-39(68)31-40(69)30-38(28-37-16-13-25-59-33-37)49(71)62-45-21-26-60-50(72)41(35(4)67)32-48(70)42(18-22-56)61-51(73)43(19-23-57)64-54(76)46(27-34(2)3)65-55(77)47(29-36-14-10-9-11-15-36)66-52(74)44(20-24-58)63-53(45)75/h9-11,13-16,25,33-35,38-39,41-47,67-68H,5-8,12,17-24,26-32,56-58H2,1-4H3,(H,60,72)(H,61,73)(H,62,71)(H,63,75)(H,64,76)(H,65,77)(H,66,74)/t35-,38+,39-,41+,42+,43+,44+,45+,46+,47-/m1/s1. The highest BCUT2D eigenvalue weighted by Gasteiger charge is 2.36. The Morgan fingerprint density at radius 2 is 1.23 bits per heavy atom. The molecule has 77 heavy (non-hydrogen) atoms. The van der Waals surface area contributed by atoms with Crippen LogP contribution in [0, 0.1) is 17.8 Å². The molecule has 1 aromatic heterocycles. The molecule has 0 saturated carbocycles. The monoisotopic (exact) mass is 1080 g/mol. The molecule has 0 aliphatic carbocycles. The zero-order valence-corrected chi connectivity index (χ0v) is 45.4. The van der Waals surface area contributed by atoms with Crippen LogP contribution in [0.25, 0.3) is 0 Å². The Bertz CT molecular complexity index is 2190. The van der Waals surface area contributed by atoms with Crippen LogP contribution >= 0.6 is 0 Å². The SMILES string of the molecule is CCCCCCC[C@@H](O)CC(=O)C[C@H](Cc1cccnc1)C(=O)N[C@H]1CCNC(=O)[C@H]([C@@H](C)O)CC(=O)[C@H](CCN)NC(=O)[C@H](CCN)NC(=O)[C@H](CC(C)C)NC(=O)[C@@H](Cc2ccccc2)NC(=O)[C@H](CCN)NC1=O. The molecule has 7 amide bonds. The molecule has 428 valence electrons. The first-order chi connectivity index (χ1) is 36.8. The number of hydrogen-bond donors (Lipinski definition) is 12. The van der Waals surface area contributed by atoms with Crippen LogP contribution in [-0.2, 0) is 56.0 Å². The zero-order valence-electron chi connectivity index (χ0n) is 45.4. The van der Waals surface area contributed by atoms with Crippen molar-refractivity contribution >= 4 is 52.9 Å². The van der Waals surface area contributed by atoms with Gasteiger partial charge in [0.05, 0.1) is 24.2 Å². The van der Waals surface area contributed by atoms with Crippen LogP contribution in [0.1, 0.15) is 129 Å². The lowest BCUT2D eigenvalue weighted by Crippen LogP contribution is -2.60. The highest BCUT2D eigenvalue weighted by molar-refractivity contribution is 5.98. The second-order valence-corrected chi connectivity index (χ2v) is 20.6. The summed E-state index contributed by atoms with van der Waals surface area (Å²) in [7, 11) is 0. The van der Waals surface area contributed by atoms with Gasteiger partial charge in [-0.3, -0.25) is 48.1 Å². The molecule has 0 spiro atoms. The number of amides is 7. The van der Waals surface area contributed by atoms with E-state index < -0.39 is 114 Å². The quantitative estimate of drug-likeness (QED) is 0.0584. The fourth-order valence-electron chi connectivity index (χ4n) is 9.11. The largest absolute Gasteiger partial charge is 0.393 e. The van der Waals surface area contributed by atoms with Crippen molar-refractivity contribution in [2.24, 2.45) is 35.0 Å². The number of aromatic nitrogens is 1. The number of nitrogens with one attached hydrogen (secondary N) is 7. The zero-order chi connectivity index (χ0) is 56.9. The highest BCUT2D eigenvalue weighted by Crippen LogP contribution is 2.19. The number of nitrogens with zero attached hydrogens (tertiary/aromatic N) is 1. The fourth-order valence-corrected chi connectivity index (χ4v) is 9.11. The lowest BCUT2D eigenvalue weighted by Gasteiger charge is -2.28. The van der Waals surface area contributed by atoms with E-state index in [1.165, 1.54) is 13.1 Å². The van der Waals surface area contributed by atoms with Gasteiger partial charge < -0.3 is 64.6 Å². The molecule has 0 bridgehead atoms. The molecule has 22 heteroatoms. The third kappa shape index (κ3) is 23.9. The van der Waals surface area contributed by atoms with Crippen molar-refractivity contribution in [3.05, 3.63) is 66.0 Å². The number of carbonyl (C=O) groups excluding carboxylic acids is 9. The van der Waals surface area contributed by atoms with Gasteiger partial charge in [0.15, 0.2) is 5.78 Å². The smallest absolute Gasteiger partial charge is 0.243 e. The molecule has 0 radical (unpaired) electrons. The first-order valence-electron chi connectivity index (χ1n) is 27.3. The number of pyridine rings is 1. The maximum absolute atomic E-state index is 14.6. The van der Waals surface area contributed by atoms with Crippen LogP contribution in [0.3, 0.4) is 0 Å². The van der Waals surface area contributed by atoms with Gasteiger partial charge in [-0.1, -0.05) is 89.3 Å². The molecule has 2 heterocycles. The average molecular weight is 1080 g/mol. The number of hydrogen-bond acceptors (Lipinski definition) is 15. The minimum atomic E-state index is -1.49. The number of unbranched alkanes of at least 4 members (excludes halogenated alkanes) is 4. The number of nitrogens with two attached hydrogens (primary N) is 3. The Labute approximate surface area is 453 Å².